The van der Waals surface area contributed by atoms with Crippen LogP contribution in [0, 0.1) is 0 Å². The summed E-state index contributed by atoms with van der Waals surface area (Å²) in [5.74, 6) is -1.83. The molecule has 2 atom stereocenters. The smallest absolute Gasteiger partial charge is 0.306 e. The minimum atomic E-state index is -1.14. The van der Waals surface area contributed by atoms with Gasteiger partial charge in [0.25, 0.3) is 0 Å². The number of aliphatic carboxylic acids is 1. The number of rotatable bonds is 32. The summed E-state index contributed by atoms with van der Waals surface area (Å²) < 4.78 is 17.0. The highest BCUT2D eigenvalue weighted by Gasteiger charge is 2.25. The van der Waals surface area contributed by atoms with Crippen LogP contribution in [0.3, 0.4) is 0 Å². The van der Waals surface area contributed by atoms with Gasteiger partial charge in [0.05, 0.1) is 40.3 Å². The number of carboxylic acid groups (broad SMARTS) is 1. The number of quaternary nitrogens is 1. The Hall–Kier alpha value is -3.23. The average molecular weight is 700 g/mol. The number of carbonyl (C=O) groups is 3. The zero-order valence-corrected chi connectivity index (χ0v) is 32.0. The lowest BCUT2D eigenvalue weighted by atomic mass is 10.1. The molecule has 0 saturated carbocycles. The largest absolute Gasteiger partial charge is 0.544 e. The van der Waals surface area contributed by atoms with E-state index in [0.717, 1.165) is 83.5 Å². The van der Waals surface area contributed by atoms with Crippen molar-refractivity contribution in [1.82, 2.24) is 0 Å². The minimum Gasteiger partial charge on any atom is -0.544 e. The van der Waals surface area contributed by atoms with Gasteiger partial charge < -0.3 is 28.6 Å². The van der Waals surface area contributed by atoms with E-state index in [4.69, 9.17) is 14.2 Å². The highest BCUT2D eigenvalue weighted by Crippen LogP contribution is 2.11. The lowest BCUT2D eigenvalue weighted by molar-refractivity contribution is -0.889. The fraction of sp³-hybridized carbons (Fsp3) is 0.643. The van der Waals surface area contributed by atoms with Crippen molar-refractivity contribution in [2.24, 2.45) is 0 Å². The monoisotopic (exact) mass is 700 g/mol. The van der Waals surface area contributed by atoms with Crippen molar-refractivity contribution in [3.05, 3.63) is 72.9 Å². The van der Waals surface area contributed by atoms with Crippen molar-refractivity contribution < 1.29 is 38.2 Å². The van der Waals surface area contributed by atoms with Crippen molar-refractivity contribution >= 4 is 17.9 Å². The highest BCUT2D eigenvalue weighted by molar-refractivity contribution is 5.70. The van der Waals surface area contributed by atoms with E-state index in [2.05, 4.69) is 86.8 Å². The number of unbranched alkanes of at least 4 members (excludes halogenated alkanes) is 6. The summed E-state index contributed by atoms with van der Waals surface area (Å²) in [5, 5.41) is 11.6. The molecule has 8 nitrogen and oxygen atoms in total. The summed E-state index contributed by atoms with van der Waals surface area (Å²) in [5.41, 5.74) is 0. The van der Waals surface area contributed by atoms with Gasteiger partial charge in [-0.3, -0.25) is 9.59 Å². The van der Waals surface area contributed by atoms with Crippen molar-refractivity contribution in [1.29, 1.82) is 0 Å². The molecule has 0 aliphatic heterocycles. The van der Waals surface area contributed by atoms with Gasteiger partial charge in [-0.2, -0.15) is 0 Å². The molecule has 8 heteroatoms. The van der Waals surface area contributed by atoms with Crippen LogP contribution in [0.5, 0.6) is 0 Å². The Morgan fingerprint density at radius 3 is 1.52 bits per heavy atom. The first-order valence-corrected chi connectivity index (χ1v) is 19.0. The lowest BCUT2D eigenvalue weighted by Gasteiger charge is -2.34. The van der Waals surface area contributed by atoms with Crippen molar-refractivity contribution in [3.8, 4) is 0 Å². The summed E-state index contributed by atoms with van der Waals surface area (Å²) >= 11 is 0. The van der Waals surface area contributed by atoms with E-state index in [-0.39, 0.29) is 49.1 Å². The second kappa shape index (κ2) is 32.9. The Morgan fingerprint density at radius 1 is 0.600 bits per heavy atom. The van der Waals surface area contributed by atoms with E-state index in [9.17, 15) is 19.5 Å². The number of likely N-dealkylation sites (N-methyl/N-ethyl adjacent to an activating group) is 1. The molecule has 0 aliphatic carbocycles. The molecule has 0 amide bonds. The zero-order valence-electron chi connectivity index (χ0n) is 32.0. The molecule has 0 spiro atoms. The van der Waals surface area contributed by atoms with Gasteiger partial charge in [0, 0.05) is 19.3 Å². The summed E-state index contributed by atoms with van der Waals surface area (Å²) in [6.07, 6.45) is 39.3. The molecular weight excluding hydrogens is 630 g/mol. The molecule has 0 rings (SSSR count). The van der Waals surface area contributed by atoms with Gasteiger partial charge in [0.2, 0.25) is 0 Å². The third-order valence-corrected chi connectivity index (χ3v) is 7.84. The van der Waals surface area contributed by atoms with Crippen LogP contribution in [0.25, 0.3) is 0 Å². The predicted molar refractivity (Wildman–Crippen MR) is 203 cm³/mol. The summed E-state index contributed by atoms with van der Waals surface area (Å²) in [4.78, 5) is 36.6. The van der Waals surface area contributed by atoms with E-state index in [1.807, 2.05) is 0 Å². The van der Waals surface area contributed by atoms with E-state index in [1.54, 1.807) is 21.1 Å². The Labute approximate surface area is 304 Å². The minimum absolute atomic E-state index is 0.0149. The molecule has 0 N–H and O–H groups in total. The normalized spacial score (nSPS) is 13.9. The van der Waals surface area contributed by atoms with Gasteiger partial charge >= 0.3 is 11.9 Å². The Bertz CT molecular complexity index is 1050. The molecule has 0 aromatic carbocycles. The molecular formula is C42H69NO7. The maximum Gasteiger partial charge on any atom is 0.306 e. The number of hydrogen-bond donors (Lipinski definition) is 0. The van der Waals surface area contributed by atoms with Crippen LogP contribution in [0.1, 0.15) is 123 Å². The molecule has 0 bridgehead atoms. The lowest BCUT2D eigenvalue weighted by Crippen LogP contribution is -2.55. The molecule has 0 heterocycles. The molecule has 0 aromatic heterocycles. The first-order chi connectivity index (χ1) is 24.1. The Kier molecular flexibility index (Phi) is 30.8. The second-order valence-electron chi connectivity index (χ2n) is 13.4. The molecule has 0 saturated heterocycles. The summed E-state index contributed by atoms with van der Waals surface area (Å²) in [7, 11) is 5.36. The van der Waals surface area contributed by atoms with Crippen LogP contribution in [0.15, 0.2) is 72.9 Å². The summed E-state index contributed by atoms with van der Waals surface area (Å²) in [6, 6.07) is -0.738. The highest BCUT2D eigenvalue weighted by atomic mass is 16.6. The van der Waals surface area contributed by atoms with Crippen LogP contribution in [-0.4, -0.2) is 75.5 Å². The Morgan fingerprint density at radius 2 is 1.06 bits per heavy atom. The molecule has 284 valence electrons. The first-order valence-electron chi connectivity index (χ1n) is 19.0. The number of carboxylic acids is 1. The summed E-state index contributed by atoms with van der Waals surface area (Å²) in [6.45, 7) is 4.33. The number of hydrogen-bond acceptors (Lipinski definition) is 7. The van der Waals surface area contributed by atoms with Crippen LogP contribution in [0.2, 0.25) is 0 Å². The van der Waals surface area contributed by atoms with Crippen LogP contribution in [0.4, 0.5) is 0 Å². The maximum atomic E-state index is 12.6. The van der Waals surface area contributed by atoms with Crippen molar-refractivity contribution in [2.45, 2.75) is 135 Å². The van der Waals surface area contributed by atoms with Crippen molar-refractivity contribution in [3.63, 3.8) is 0 Å². The molecule has 0 radical (unpaired) electrons. The number of ether oxygens (including phenoxy) is 3. The first kappa shape index (κ1) is 46.8. The van der Waals surface area contributed by atoms with E-state index in [1.165, 1.54) is 0 Å². The third kappa shape index (κ3) is 30.8. The van der Waals surface area contributed by atoms with Gasteiger partial charge in [-0.15, -0.1) is 0 Å². The van der Waals surface area contributed by atoms with Crippen molar-refractivity contribution in [2.75, 3.05) is 41.0 Å². The number of carbonyl (C=O) groups excluding carboxylic acids is 3. The van der Waals surface area contributed by atoms with Crippen LogP contribution < -0.4 is 5.11 Å². The zero-order chi connectivity index (χ0) is 37.1. The van der Waals surface area contributed by atoms with Gasteiger partial charge in [0.15, 0.2) is 6.10 Å². The Balaban J connectivity index is 4.54. The standard InChI is InChI=1S/C42H69NO7/c1-6-8-10-12-14-16-18-20-22-24-26-28-30-32-40(44)49-37-38(36-48-35-34-39(42(46)47)43(3,4)5)50-41(45)33-31-29-27-25-23-21-19-17-15-13-11-9-7-2/h8-11,14-17,20-23,38-39H,6-7,12-13,18-19,24-37H2,1-5H3/b10-8-,11-9-,16-14-,17-15-,22-20-,23-21-. The van der Waals surface area contributed by atoms with E-state index < -0.39 is 18.1 Å². The topological polar surface area (TPSA) is 102 Å². The molecule has 0 aliphatic rings. The predicted octanol–water partition coefficient (Wildman–Crippen LogP) is 8.29. The quantitative estimate of drug-likeness (QED) is 0.0301. The van der Waals surface area contributed by atoms with Gasteiger partial charge in [-0.25, -0.2) is 0 Å². The SMILES string of the molecule is CC/C=C\C/C=C\C/C=C\CCCCCC(=O)OCC(COCCC(C(=O)[O-])[N+](C)(C)C)OC(=O)CCCCC/C=C\C/C=C\C/C=C\CC. The number of esters is 2. The molecule has 2 unspecified atom stereocenters. The molecule has 50 heavy (non-hydrogen) atoms. The van der Waals surface area contributed by atoms with E-state index >= 15 is 0 Å². The second-order valence-corrected chi connectivity index (χ2v) is 13.4. The number of nitrogens with zero attached hydrogens (tertiary/aromatic N) is 1. The number of allylic oxidation sites excluding steroid dienone is 12. The van der Waals surface area contributed by atoms with E-state index in [0.29, 0.717) is 12.8 Å². The molecule has 0 aromatic rings. The fourth-order valence-corrected chi connectivity index (χ4v) is 4.92. The van der Waals surface area contributed by atoms with Gasteiger partial charge in [-0.1, -0.05) is 99.6 Å². The van der Waals surface area contributed by atoms with Crippen LogP contribution in [-0.2, 0) is 28.6 Å². The molecule has 0 fully saturated rings. The third-order valence-electron chi connectivity index (χ3n) is 7.84. The van der Waals surface area contributed by atoms with Crippen LogP contribution >= 0.6 is 0 Å². The maximum absolute atomic E-state index is 12.6. The van der Waals surface area contributed by atoms with Gasteiger partial charge in [-0.05, 0) is 77.0 Å². The average Bonchev–Trinajstić information content (AvgIpc) is 3.06. The fourth-order valence-electron chi connectivity index (χ4n) is 4.92. The van der Waals surface area contributed by atoms with Gasteiger partial charge in [0.1, 0.15) is 12.6 Å².